The van der Waals surface area contributed by atoms with Gasteiger partial charge < -0.3 is 10.6 Å². The number of hydrogen-bond donors (Lipinski definition) is 2. The van der Waals surface area contributed by atoms with E-state index in [-0.39, 0.29) is 11.7 Å². The van der Waals surface area contributed by atoms with Gasteiger partial charge in [-0.15, -0.1) is 0 Å². The SMILES string of the molecule is CCc1cccc(C)c1NC(=O)c1cnc(NCCc2ccc(F)cc2)nc1. The highest BCUT2D eigenvalue weighted by Gasteiger charge is 2.11. The molecule has 5 nitrogen and oxygen atoms in total. The minimum atomic E-state index is -0.245. The lowest BCUT2D eigenvalue weighted by Crippen LogP contribution is -2.16. The first kappa shape index (κ1) is 19.5. The molecule has 1 heterocycles. The lowest BCUT2D eigenvalue weighted by Gasteiger charge is -2.13. The predicted octanol–water partition coefficient (Wildman–Crippen LogP) is 4.39. The third kappa shape index (κ3) is 4.91. The fourth-order valence-corrected chi connectivity index (χ4v) is 2.89. The van der Waals surface area contributed by atoms with Crippen molar-refractivity contribution in [2.45, 2.75) is 26.7 Å². The van der Waals surface area contributed by atoms with Crippen LogP contribution in [0.4, 0.5) is 16.0 Å². The van der Waals surface area contributed by atoms with Crippen LogP contribution in [0.25, 0.3) is 0 Å². The molecule has 2 N–H and O–H groups in total. The number of rotatable bonds is 7. The summed E-state index contributed by atoms with van der Waals surface area (Å²) in [6.45, 7) is 4.64. The molecule has 0 saturated carbocycles. The van der Waals surface area contributed by atoms with Crippen molar-refractivity contribution in [3.8, 4) is 0 Å². The smallest absolute Gasteiger partial charge is 0.258 e. The average molecular weight is 378 g/mol. The van der Waals surface area contributed by atoms with Crippen LogP contribution >= 0.6 is 0 Å². The van der Waals surface area contributed by atoms with Crippen LogP contribution in [-0.2, 0) is 12.8 Å². The number of para-hydroxylation sites is 1. The molecule has 144 valence electrons. The second-order valence-corrected chi connectivity index (χ2v) is 6.52. The highest BCUT2D eigenvalue weighted by atomic mass is 19.1. The van der Waals surface area contributed by atoms with Gasteiger partial charge in [-0.3, -0.25) is 4.79 Å². The summed E-state index contributed by atoms with van der Waals surface area (Å²) in [5, 5.41) is 6.07. The molecule has 0 unspecified atom stereocenters. The number of aromatic nitrogens is 2. The van der Waals surface area contributed by atoms with E-state index in [0.29, 0.717) is 18.1 Å². The summed E-state index contributed by atoms with van der Waals surface area (Å²) in [5.41, 5.74) is 4.38. The second kappa shape index (κ2) is 9.08. The van der Waals surface area contributed by atoms with Crippen molar-refractivity contribution < 1.29 is 9.18 Å². The van der Waals surface area contributed by atoms with Gasteiger partial charge in [0, 0.05) is 24.6 Å². The number of halogens is 1. The van der Waals surface area contributed by atoms with Gasteiger partial charge in [-0.2, -0.15) is 0 Å². The molecule has 1 amide bonds. The molecule has 28 heavy (non-hydrogen) atoms. The molecule has 6 heteroatoms. The Balaban J connectivity index is 1.58. The molecule has 0 bridgehead atoms. The standard InChI is InChI=1S/C22H23FN4O/c1-3-17-6-4-5-15(2)20(17)27-21(28)18-13-25-22(26-14-18)24-12-11-16-7-9-19(23)10-8-16/h4-10,13-14H,3,11-12H2,1-2H3,(H,27,28)(H,24,25,26). The van der Waals surface area contributed by atoms with E-state index in [0.717, 1.165) is 35.2 Å². The number of nitrogens with one attached hydrogen (secondary N) is 2. The summed E-state index contributed by atoms with van der Waals surface area (Å²) >= 11 is 0. The Morgan fingerprint density at radius 1 is 1.07 bits per heavy atom. The van der Waals surface area contributed by atoms with Gasteiger partial charge in [0.05, 0.1) is 5.56 Å². The summed E-state index contributed by atoms with van der Waals surface area (Å²) in [5.74, 6) is -0.0312. The van der Waals surface area contributed by atoms with Crippen LogP contribution in [0.3, 0.4) is 0 Å². The number of anilines is 2. The molecule has 0 spiro atoms. The highest BCUT2D eigenvalue weighted by Crippen LogP contribution is 2.21. The first-order valence-corrected chi connectivity index (χ1v) is 9.27. The van der Waals surface area contributed by atoms with Gasteiger partial charge in [0.15, 0.2) is 0 Å². The molecule has 1 aromatic heterocycles. The Hall–Kier alpha value is -3.28. The fourth-order valence-electron chi connectivity index (χ4n) is 2.89. The number of carbonyl (C=O) groups excluding carboxylic acids is 1. The van der Waals surface area contributed by atoms with Crippen LogP contribution < -0.4 is 10.6 Å². The Kier molecular flexibility index (Phi) is 6.32. The Morgan fingerprint density at radius 3 is 2.46 bits per heavy atom. The number of nitrogens with zero attached hydrogens (tertiary/aromatic N) is 2. The largest absolute Gasteiger partial charge is 0.354 e. The maximum atomic E-state index is 12.9. The Labute approximate surface area is 164 Å². The van der Waals surface area contributed by atoms with E-state index in [9.17, 15) is 9.18 Å². The summed E-state index contributed by atoms with van der Waals surface area (Å²) < 4.78 is 12.9. The van der Waals surface area contributed by atoms with Gasteiger partial charge in [0.1, 0.15) is 5.82 Å². The lowest BCUT2D eigenvalue weighted by atomic mass is 10.1. The van der Waals surface area contributed by atoms with Crippen molar-refractivity contribution >= 4 is 17.5 Å². The average Bonchev–Trinajstić information content (AvgIpc) is 2.71. The van der Waals surface area contributed by atoms with Gasteiger partial charge in [-0.25, -0.2) is 14.4 Å². The van der Waals surface area contributed by atoms with E-state index < -0.39 is 0 Å². The number of benzene rings is 2. The molecule has 0 saturated heterocycles. The fraction of sp³-hybridized carbons (Fsp3) is 0.227. The van der Waals surface area contributed by atoms with Crippen molar-refractivity contribution in [1.29, 1.82) is 0 Å². The third-order valence-corrected chi connectivity index (χ3v) is 4.50. The molecular formula is C22H23FN4O. The van der Waals surface area contributed by atoms with E-state index in [1.54, 1.807) is 12.1 Å². The monoisotopic (exact) mass is 378 g/mol. The number of carbonyl (C=O) groups is 1. The van der Waals surface area contributed by atoms with Crippen LogP contribution in [0.1, 0.15) is 34.0 Å². The highest BCUT2D eigenvalue weighted by molar-refractivity contribution is 6.04. The topological polar surface area (TPSA) is 66.9 Å². The maximum absolute atomic E-state index is 12.9. The summed E-state index contributed by atoms with van der Waals surface area (Å²) in [7, 11) is 0. The van der Waals surface area contributed by atoms with Crippen molar-refractivity contribution in [1.82, 2.24) is 9.97 Å². The summed E-state index contributed by atoms with van der Waals surface area (Å²) in [6, 6.07) is 12.4. The number of hydrogen-bond acceptors (Lipinski definition) is 4. The Bertz CT molecular complexity index is 940. The zero-order valence-electron chi connectivity index (χ0n) is 16.0. The minimum absolute atomic E-state index is 0.234. The van der Waals surface area contributed by atoms with Crippen molar-refractivity contribution in [3.63, 3.8) is 0 Å². The van der Waals surface area contributed by atoms with E-state index in [2.05, 4.69) is 27.5 Å². The quantitative estimate of drug-likeness (QED) is 0.640. The molecule has 3 aromatic rings. The van der Waals surface area contributed by atoms with E-state index in [1.165, 1.54) is 24.5 Å². The van der Waals surface area contributed by atoms with Crippen LogP contribution in [0.5, 0.6) is 0 Å². The van der Waals surface area contributed by atoms with E-state index in [1.807, 2.05) is 25.1 Å². The maximum Gasteiger partial charge on any atom is 0.258 e. The molecule has 0 radical (unpaired) electrons. The van der Waals surface area contributed by atoms with Gasteiger partial charge in [0.25, 0.3) is 5.91 Å². The van der Waals surface area contributed by atoms with Crippen LogP contribution in [0.2, 0.25) is 0 Å². The van der Waals surface area contributed by atoms with Crippen LogP contribution in [-0.4, -0.2) is 22.4 Å². The minimum Gasteiger partial charge on any atom is -0.354 e. The molecule has 0 aliphatic carbocycles. The summed E-state index contributed by atoms with van der Waals surface area (Å²) in [6.07, 6.45) is 4.57. The molecular weight excluding hydrogens is 355 g/mol. The first-order valence-electron chi connectivity index (χ1n) is 9.27. The zero-order valence-corrected chi connectivity index (χ0v) is 16.0. The van der Waals surface area contributed by atoms with Crippen molar-refractivity contribution in [3.05, 3.63) is 82.9 Å². The zero-order chi connectivity index (χ0) is 19.9. The molecule has 0 aliphatic rings. The molecule has 3 rings (SSSR count). The molecule has 0 atom stereocenters. The third-order valence-electron chi connectivity index (χ3n) is 4.50. The summed E-state index contributed by atoms with van der Waals surface area (Å²) in [4.78, 5) is 20.9. The molecule has 2 aromatic carbocycles. The van der Waals surface area contributed by atoms with Crippen molar-refractivity contribution in [2.75, 3.05) is 17.2 Å². The van der Waals surface area contributed by atoms with E-state index in [4.69, 9.17) is 0 Å². The number of amides is 1. The Morgan fingerprint density at radius 2 is 1.79 bits per heavy atom. The van der Waals surface area contributed by atoms with Crippen molar-refractivity contribution in [2.24, 2.45) is 0 Å². The molecule has 0 fully saturated rings. The predicted molar refractivity (Wildman–Crippen MR) is 109 cm³/mol. The van der Waals surface area contributed by atoms with Gasteiger partial charge in [-0.1, -0.05) is 37.3 Å². The first-order chi connectivity index (χ1) is 13.6. The van der Waals surface area contributed by atoms with Crippen LogP contribution in [0.15, 0.2) is 54.9 Å². The lowest BCUT2D eigenvalue weighted by molar-refractivity contribution is 0.102. The van der Waals surface area contributed by atoms with E-state index >= 15 is 0 Å². The van der Waals surface area contributed by atoms with Gasteiger partial charge in [0.2, 0.25) is 5.95 Å². The van der Waals surface area contributed by atoms with Gasteiger partial charge in [-0.05, 0) is 48.6 Å². The normalized spacial score (nSPS) is 10.5. The molecule has 0 aliphatic heterocycles. The second-order valence-electron chi connectivity index (χ2n) is 6.52. The van der Waals surface area contributed by atoms with Gasteiger partial charge >= 0.3 is 0 Å². The van der Waals surface area contributed by atoms with Crippen LogP contribution in [0, 0.1) is 12.7 Å². The number of aryl methyl sites for hydroxylation is 2.